The van der Waals surface area contributed by atoms with Gasteiger partial charge >= 0.3 is 0 Å². The first-order chi connectivity index (χ1) is 6.19. The number of pyridine rings is 1. The van der Waals surface area contributed by atoms with Gasteiger partial charge < -0.3 is 5.73 Å². The lowest BCUT2D eigenvalue weighted by Gasteiger charge is -2.05. The van der Waals surface area contributed by atoms with Crippen LogP contribution in [-0.2, 0) is 6.54 Å². The van der Waals surface area contributed by atoms with Crippen molar-refractivity contribution in [3.63, 3.8) is 0 Å². The van der Waals surface area contributed by atoms with E-state index in [0.29, 0.717) is 0 Å². The largest absolute Gasteiger partial charge is 0.326 e. The fourth-order valence-corrected chi connectivity index (χ4v) is 0.942. The van der Waals surface area contributed by atoms with E-state index in [0.717, 1.165) is 6.20 Å². The number of nitriles is 1. The Bertz CT molecular complexity index is 344. The molecule has 1 aromatic rings. The SMILES string of the molecule is N#Cc1cc(CN)c(C(F)F)cn1. The molecule has 0 radical (unpaired) electrons. The number of hydrogen-bond donors (Lipinski definition) is 1. The second-order valence-electron chi connectivity index (χ2n) is 2.38. The fourth-order valence-electron chi connectivity index (χ4n) is 0.942. The molecule has 0 fully saturated rings. The summed E-state index contributed by atoms with van der Waals surface area (Å²) >= 11 is 0. The van der Waals surface area contributed by atoms with Crippen LogP contribution in [0, 0.1) is 11.3 Å². The Morgan fingerprint density at radius 1 is 1.62 bits per heavy atom. The number of halogens is 2. The Kier molecular flexibility index (Phi) is 2.88. The van der Waals surface area contributed by atoms with Crippen LogP contribution >= 0.6 is 0 Å². The van der Waals surface area contributed by atoms with E-state index in [9.17, 15) is 8.78 Å². The number of nitrogens with zero attached hydrogens (tertiary/aromatic N) is 2. The first-order valence-corrected chi connectivity index (χ1v) is 3.56. The van der Waals surface area contributed by atoms with Crippen LogP contribution in [0.2, 0.25) is 0 Å². The van der Waals surface area contributed by atoms with Gasteiger partial charge in [-0.1, -0.05) is 0 Å². The third-order valence-electron chi connectivity index (χ3n) is 1.59. The van der Waals surface area contributed by atoms with E-state index in [2.05, 4.69) is 4.98 Å². The molecule has 1 rings (SSSR count). The molecule has 1 heterocycles. The standard InChI is InChI=1S/C8H7F2N3/c9-8(10)7-4-13-6(3-12)1-5(7)2-11/h1,4,8H,2,11H2. The normalized spacial score (nSPS) is 10.1. The summed E-state index contributed by atoms with van der Waals surface area (Å²) in [5.41, 5.74) is 5.40. The number of nitrogens with two attached hydrogens (primary N) is 1. The molecule has 0 bridgehead atoms. The smallest absolute Gasteiger partial charge is 0.265 e. The fraction of sp³-hybridized carbons (Fsp3) is 0.250. The monoisotopic (exact) mass is 183 g/mol. The third-order valence-corrected chi connectivity index (χ3v) is 1.59. The Balaban J connectivity index is 3.17. The minimum atomic E-state index is -2.60. The van der Waals surface area contributed by atoms with E-state index in [4.69, 9.17) is 11.0 Å². The molecule has 0 spiro atoms. The summed E-state index contributed by atoms with van der Waals surface area (Å²) in [7, 11) is 0. The molecule has 0 atom stereocenters. The predicted molar refractivity (Wildman–Crippen MR) is 41.8 cm³/mol. The van der Waals surface area contributed by atoms with Crippen molar-refractivity contribution in [2.45, 2.75) is 13.0 Å². The molecule has 0 aliphatic heterocycles. The molecule has 0 amide bonds. The molecule has 0 saturated carbocycles. The van der Waals surface area contributed by atoms with Crippen molar-refractivity contribution in [2.24, 2.45) is 5.73 Å². The molecule has 0 aromatic carbocycles. The van der Waals surface area contributed by atoms with Gasteiger partial charge in [0, 0.05) is 18.3 Å². The van der Waals surface area contributed by atoms with Crippen molar-refractivity contribution in [2.75, 3.05) is 0 Å². The second-order valence-corrected chi connectivity index (χ2v) is 2.38. The van der Waals surface area contributed by atoms with Gasteiger partial charge in [0.2, 0.25) is 0 Å². The topological polar surface area (TPSA) is 62.7 Å². The molecule has 68 valence electrons. The lowest BCUT2D eigenvalue weighted by atomic mass is 10.1. The minimum Gasteiger partial charge on any atom is -0.326 e. The van der Waals surface area contributed by atoms with Crippen LogP contribution in [0.5, 0.6) is 0 Å². The summed E-state index contributed by atoms with van der Waals surface area (Å²) in [6.45, 7) is -0.0170. The molecule has 5 heteroatoms. The average molecular weight is 183 g/mol. The quantitative estimate of drug-likeness (QED) is 0.752. The number of aromatic nitrogens is 1. The van der Waals surface area contributed by atoms with Crippen molar-refractivity contribution in [1.29, 1.82) is 5.26 Å². The minimum absolute atomic E-state index is 0.0170. The molecular weight excluding hydrogens is 176 g/mol. The molecule has 0 saturated heterocycles. The van der Waals surface area contributed by atoms with Gasteiger partial charge in [0.05, 0.1) is 0 Å². The molecule has 2 N–H and O–H groups in total. The molecule has 1 aromatic heterocycles. The molecule has 13 heavy (non-hydrogen) atoms. The zero-order valence-corrected chi connectivity index (χ0v) is 6.67. The Morgan fingerprint density at radius 2 is 2.31 bits per heavy atom. The van der Waals surface area contributed by atoms with Crippen LogP contribution in [0.1, 0.15) is 23.2 Å². The molecule has 0 aliphatic carbocycles. The summed E-state index contributed by atoms with van der Waals surface area (Å²) in [4.78, 5) is 3.53. The van der Waals surface area contributed by atoms with Crippen LogP contribution in [0.3, 0.4) is 0 Å². The maximum Gasteiger partial charge on any atom is 0.265 e. The highest BCUT2D eigenvalue weighted by Gasteiger charge is 2.12. The summed E-state index contributed by atoms with van der Waals surface area (Å²) in [5.74, 6) is 0. The number of rotatable bonds is 2. The lowest BCUT2D eigenvalue weighted by molar-refractivity contribution is 0.150. The summed E-state index contributed by atoms with van der Waals surface area (Å²) in [6, 6.07) is 3.04. The Morgan fingerprint density at radius 3 is 2.77 bits per heavy atom. The van der Waals surface area contributed by atoms with Gasteiger partial charge in [-0.3, -0.25) is 0 Å². The van der Waals surface area contributed by atoms with Crippen LogP contribution < -0.4 is 5.73 Å². The summed E-state index contributed by atoms with van der Waals surface area (Å²) in [6.07, 6.45) is -1.61. The first-order valence-electron chi connectivity index (χ1n) is 3.56. The summed E-state index contributed by atoms with van der Waals surface area (Å²) < 4.78 is 24.5. The van der Waals surface area contributed by atoms with Gasteiger partial charge in [-0.05, 0) is 11.6 Å². The van der Waals surface area contributed by atoms with E-state index >= 15 is 0 Å². The average Bonchev–Trinajstić information content (AvgIpc) is 2.16. The van der Waals surface area contributed by atoms with Gasteiger partial charge in [-0.2, -0.15) is 5.26 Å². The van der Waals surface area contributed by atoms with Crippen LogP contribution in [0.4, 0.5) is 8.78 Å². The van der Waals surface area contributed by atoms with Crippen molar-refractivity contribution < 1.29 is 8.78 Å². The van der Waals surface area contributed by atoms with Crippen LogP contribution in [-0.4, -0.2) is 4.98 Å². The Labute approximate surface area is 73.8 Å². The van der Waals surface area contributed by atoms with Gasteiger partial charge in [-0.15, -0.1) is 0 Å². The zero-order valence-electron chi connectivity index (χ0n) is 6.67. The zero-order chi connectivity index (χ0) is 9.84. The van der Waals surface area contributed by atoms with E-state index in [1.54, 1.807) is 6.07 Å². The maximum atomic E-state index is 12.3. The molecular formula is C8H7F2N3. The molecule has 3 nitrogen and oxygen atoms in total. The Hall–Kier alpha value is -1.54. The number of alkyl halides is 2. The van der Waals surface area contributed by atoms with Gasteiger partial charge in [0.15, 0.2) is 0 Å². The highest BCUT2D eigenvalue weighted by molar-refractivity contribution is 5.32. The van der Waals surface area contributed by atoms with Gasteiger partial charge in [0.25, 0.3) is 6.43 Å². The third kappa shape index (κ3) is 1.98. The van der Waals surface area contributed by atoms with Crippen molar-refractivity contribution >= 4 is 0 Å². The van der Waals surface area contributed by atoms with E-state index < -0.39 is 6.43 Å². The van der Waals surface area contributed by atoms with E-state index in [1.807, 2.05) is 0 Å². The van der Waals surface area contributed by atoms with Crippen LogP contribution in [0.25, 0.3) is 0 Å². The highest BCUT2D eigenvalue weighted by atomic mass is 19.3. The van der Waals surface area contributed by atoms with Crippen molar-refractivity contribution in [1.82, 2.24) is 4.98 Å². The van der Waals surface area contributed by atoms with E-state index in [1.165, 1.54) is 6.07 Å². The maximum absolute atomic E-state index is 12.3. The summed E-state index contributed by atoms with van der Waals surface area (Å²) in [5, 5.41) is 8.45. The number of hydrogen-bond acceptors (Lipinski definition) is 3. The molecule has 0 unspecified atom stereocenters. The first kappa shape index (κ1) is 9.55. The van der Waals surface area contributed by atoms with Gasteiger partial charge in [-0.25, -0.2) is 13.8 Å². The second kappa shape index (κ2) is 3.92. The highest BCUT2D eigenvalue weighted by Crippen LogP contribution is 2.21. The van der Waals surface area contributed by atoms with Crippen molar-refractivity contribution in [3.8, 4) is 6.07 Å². The van der Waals surface area contributed by atoms with E-state index in [-0.39, 0.29) is 23.4 Å². The lowest BCUT2D eigenvalue weighted by Crippen LogP contribution is -2.03. The molecule has 0 aliphatic rings. The van der Waals surface area contributed by atoms with Crippen molar-refractivity contribution in [3.05, 3.63) is 29.1 Å². The van der Waals surface area contributed by atoms with Gasteiger partial charge in [0.1, 0.15) is 11.8 Å². The predicted octanol–water partition coefficient (Wildman–Crippen LogP) is 1.35. The van der Waals surface area contributed by atoms with Crippen LogP contribution in [0.15, 0.2) is 12.3 Å².